The van der Waals surface area contributed by atoms with E-state index in [2.05, 4.69) is 61.2 Å². The molecule has 1 heterocycles. The number of nitrogens with zero attached hydrogens (tertiary/aromatic N) is 1. The predicted molar refractivity (Wildman–Crippen MR) is 85.1 cm³/mol. The minimum Gasteiger partial charge on any atom is -0.365 e. The molecule has 2 nitrogen and oxygen atoms in total. The molecule has 2 N–H and O–H groups in total. The van der Waals surface area contributed by atoms with Gasteiger partial charge in [0.2, 0.25) is 0 Å². The summed E-state index contributed by atoms with van der Waals surface area (Å²) in [4.78, 5) is 2.43. The first-order chi connectivity index (χ1) is 9.65. The van der Waals surface area contributed by atoms with Gasteiger partial charge in [0, 0.05) is 24.8 Å². The molecule has 0 radical (unpaired) electrons. The number of hydrogen-bond acceptors (Lipinski definition) is 2. The molecule has 104 valence electrons. The van der Waals surface area contributed by atoms with Crippen molar-refractivity contribution in [3.63, 3.8) is 0 Å². The lowest BCUT2D eigenvalue weighted by Crippen LogP contribution is -2.43. The van der Waals surface area contributed by atoms with E-state index in [-0.39, 0.29) is 6.04 Å². The largest absolute Gasteiger partial charge is 0.365 e. The number of anilines is 1. The van der Waals surface area contributed by atoms with Crippen molar-refractivity contribution < 1.29 is 0 Å². The van der Waals surface area contributed by atoms with Crippen molar-refractivity contribution in [1.29, 1.82) is 0 Å². The average Bonchev–Trinajstić information content (AvgIpc) is 2.42. The summed E-state index contributed by atoms with van der Waals surface area (Å²) in [5.74, 6) is 0. The number of rotatable bonds is 2. The van der Waals surface area contributed by atoms with E-state index in [0.29, 0.717) is 0 Å². The van der Waals surface area contributed by atoms with Crippen molar-refractivity contribution in [3.8, 4) is 0 Å². The van der Waals surface area contributed by atoms with Crippen LogP contribution in [-0.2, 0) is 13.0 Å². The van der Waals surface area contributed by atoms with Crippen LogP contribution in [0.2, 0.25) is 0 Å². The zero-order valence-electron chi connectivity index (χ0n) is 12.3. The van der Waals surface area contributed by atoms with Gasteiger partial charge >= 0.3 is 0 Å². The van der Waals surface area contributed by atoms with Gasteiger partial charge in [-0.05, 0) is 48.6 Å². The molecule has 3 rings (SSSR count). The predicted octanol–water partition coefficient (Wildman–Crippen LogP) is 3.19. The van der Waals surface area contributed by atoms with Crippen LogP contribution >= 0.6 is 0 Å². The third-order valence-corrected chi connectivity index (χ3v) is 4.26. The smallest absolute Gasteiger partial charge is 0.0435 e. The molecular weight excluding hydrogens is 244 g/mol. The van der Waals surface area contributed by atoms with Gasteiger partial charge < -0.3 is 10.6 Å². The second-order valence-electron chi connectivity index (χ2n) is 5.84. The summed E-state index contributed by atoms with van der Waals surface area (Å²) in [6, 6.07) is 15.4. The van der Waals surface area contributed by atoms with Crippen LogP contribution in [0.4, 0.5) is 5.69 Å². The van der Waals surface area contributed by atoms with Crippen LogP contribution in [0.3, 0.4) is 0 Å². The van der Waals surface area contributed by atoms with Crippen LogP contribution in [0, 0.1) is 13.8 Å². The zero-order chi connectivity index (χ0) is 14.1. The fourth-order valence-electron chi connectivity index (χ4n) is 3.16. The minimum atomic E-state index is 0.231. The molecular formula is C18H22N2. The first-order valence-electron chi connectivity index (χ1n) is 7.28. The second kappa shape index (κ2) is 5.29. The third kappa shape index (κ3) is 2.44. The van der Waals surface area contributed by atoms with Gasteiger partial charge in [-0.25, -0.2) is 0 Å². The summed E-state index contributed by atoms with van der Waals surface area (Å²) < 4.78 is 0. The highest BCUT2D eigenvalue weighted by atomic mass is 15.2. The van der Waals surface area contributed by atoms with E-state index in [4.69, 9.17) is 5.73 Å². The van der Waals surface area contributed by atoms with Gasteiger partial charge in [0.05, 0.1) is 0 Å². The molecule has 20 heavy (non-hydrogen) atoms. The second-order valence-corrected chi connectivity index (χ2v) is 5.84. The molecule has 0 aliphatic carbocycles. The number of hydrogen-bond donors (Lipinski definition) is 1. The van der Waals surface area contributed by atoms with Gasteiger partial charge in [-0.1, -0.05) is 36.4 Å². The van der Waals surface area contributed by atoms with Gasteiger partial charge in [0.1, 0.15) is 0 Å². The van der Waals surface area contributed by atoms with Gasteiger partial charge in [-0.15, -0.1) is 0 Å². The van der Waals surface area contributed by atoms with Crippen LogP contribution < -0.4 is 10.6 Å². The van der Waals surface area contributed by atoms with Gasteiger partial charge in [0.25, 0.3) is 0 Å². The van der Waals surface area contributed by atoms with E-state index >= 15 is 0 Å². The van der Waals surface area contributed by atoms with Gasteiger partial charge in [0.15, 0.2) is 0 Å². The molecule has 0 spiro atoms. The van der Waals surface area contributed by atoms with E-state index in [9.17, 15) is 0 Å². The minimum absolute atomic E-state index is 0.231. The zero-order valence-corrected chi connectivity index (χ0v) is 12.3. The molecule has 0 aromatic heterocycles. The van der Waals surface area contributed by atoms with Crippen molar-refractivity contribution in [2.45, 2.75) is 32.9 Å². The number of fused-ring (bicyclic) bond motifs is 1. The van der Waals surface area contributed by atoms with E-state index in [1.54, 1.807) is 0 Å². The number of aryl methyl sites for hydroxylation is 2. The van der Waals surface area contributed by atoms with E-state index in [1.165, 1.54) is 27.9 Å². The molecule has 1 aliphatic rings. The Bertz CT molecular complexity index is 598. The Kier molecular flexibility index (Phi) is 3.49. The molecule has 1 unspecified atom stereocenters. The Morgan fingerprint density at radius 1 is 1.05 bits per heavy atom. The highest BCUT2D eigenvalue weighted by molar-refractivity contribution is 5.57. The van der Waals surface area contributed by atoms with Crippen molar-refractivity contribution in [2.75, 3.05) is 11.4 Å². The quantitative estimate of drug-likeness (QED) is 0.904. The molecule has 0 fully saturated rings. The molecule has 0 saturated heterocycles. The highest BCUT2D eigenvalue weighted by Crippen LogP contribution is 2.29. The SMILES string of the molecule is Cc1cccc(C)c1CN1CC(N)Cc2ccccc21. The maximum absolute atomic E-state index is 6.23. The Morgan fingerprint density at radius 2 is 1.75 bits per heavy atom. The van der Waals surface area contributed by atoms with Crippen LogP contribution in [0.15, 0.2) is 42.5 Å². The van der Waals surface area contributed by atoms with E-state index in [0.717, 1.165) is 19.5 Å². The van der Waals surface area contributed by atoms with Crippen molar-refractivity contribution in [1.82, 2.24) is 0 Å². The summed E-state index contributed by atoms with van der Waals surface area (Å²) in [6.07, 6.45) is 0.986. The van der Waals surface area contributed by atoms with Crippen LogP contribution in [0.1, 0.15) is 22.3 Å². The molecule has 0 amide bonds. The van der Waals surface area contributed by atoms with E-state index < -0.39 is 0 Å². The van der Waals surface area contributed by atoms with Crippen LogP contribution in [0.5, 0.6) is 0 Å². The molecule has 2 aromatic rings. The fourth-order valence-corrected chi connectivity index (χ4v) is 3.16. The van der Waals surface area contributed by atoms with Crippen molar-refractivity contribution >= 4 is 5.69 Å². The standard InChI is InChI=1S/C18H22N2/c1-13-6-5-7-14(2)17(13)12-20-11-16(19)10-15-8-3-4-9-18(15)20/h3-9,16H,10-12,19H2,1-2H3. The summed E-state index contributed by atoms with van der Waals surface area (Å²) in [6.45, 7) is 6.27. The van der Waals surface area contributed by atoms with Crippen molar-refractivity contribution in [2.24, 2.45) is 5.73 Å². The maximum atomic E-state index is 6.23. The summed E-state index contributed by atoms with van der Waals surface area (Å²) in [7, 11) is 0. The lowest BCUT2D eigenvalue weighted by Gasteiger charge is -2.35. The summed E-state index contributed by atoms with van der Waals surface area (Å²) >= 11 is 0. The Morgan fingerprint density at radius 3 is 2.50 bits per heavy atom. The maximum Gasteiger partial charge on any atom is 0.0435 e. The molecule has 1 atom stereocenters. The highest BCUT2D eigenvalue weighted by Gasteiger charge is 2.22. The number of benzene rings is 2. The Labute approximate surface area is 121 Å². The lowest BCUT2D eigenvalue weighted by atomic mass is 9.96. The van der Waals surface area contributed by atoms with Crippen molar-refractivity contribution in [3.05, 3.63) is 64.7 Å². The lowest BCUT2D eigenvalue weighted by molar-refractivity contribution is 0.597. The summed E-state index contributed by atoms with van der Waals surface area (Å²) in [5.41, 5.74) is 13.1. The normalized spacial score (nSPS) is 17.9. The van der Waals surface area contributed by atoms with Gasteiger partial charge in [-0.2, -0.15) is 0 Å². The van der Waals surface area contributed by atoms with Crippen LogP contribution in [-0.4, -0.2) is 12.6 Å². The fraction of sp³-hybridized carbons (Fsp3) is 0.333. The first-order valence-corrected chi connectivity index (χ1v) is 7.28. The average molecular weight is 266 g/mol. The molecule has 2 heteroatoms. The Hall–Kier alpha value is -1.80. The topological polar surface area (TPSA) is 29.3 Å². The Balaban J connectivity index is 1.95. The molecule has 1 aliphatic heterocycles. The first kappa shape index (κ1) is 13.2. The monoisotopic (exact) mass is 266 g/mol. The van der Waals surface area contributed by atoms with E-state index in [1.807, 2.05) is 0 Å². The number of nitrogens with two attached hydrogens (primary N) is 1. The molecule has 0 bridgehead atoms. The number of para-hydroxylation sites is 1. The molecule has 2 aromatic carbocycles. The molecule has 0 saturated carbocycles. The van der Waals surface area contributed by atoms with Gasteiger partial charge in [-0.3, -0.25) is 0 Å². The van der Waals surface area contributed by atoms with Crippen LogP contribution in [0.25, 0.3) is 0 Å². The third-order valence-electron chi connectivity index (χ3n) is 4.26. The summed E-state index contributed by atoms with van der Waals surface area (Å²) in [5, 5.41) is 0.